The van der Waals surface area contributed by atoms with Crippen molar-refractivity contribution < 1.29 is 18.4 Å². The first-order valence-electron chi connectivity index (χ1n) is 6.26. The van der Waals surface area contributed by atoms with Gasteiger partial charge in [-0.25, -0.2) is 0 Å². The monoisotopic (exact) mass is 275 g/mol. The van der Waals surface area contributed by atoms with Gasteiger partial charge in [0.15, 0.2) is 0 Å². The van der Waals surface area contributed by atoms with Crippen LogP contribution < -0.4 is 0 Å². The molecule has 0 aliphatic rings. The molecule has 5 nitrogen and oxygen atoms in total. The van der Waals surface area contributed by atoms with E-state index < -0.39 is 7.60 Å². The number of hydrogen-bond acceptors (Lipinski definition) is 5. The average Bonchev–Trinajstić information content (AvgIpc) is 2.29. The lowest BCUT2D eigenvalue weighted by Crippen LogP contribution is -2.17. The van der Waals surface area contributed by atoms with E-state index in [1.165, 1.54) is 0 Å². The zero-order valence-corrected chi connectivity index (χ0v) is 12.2. The maximum Gasteiger partial charge on any atom is 0.338 e. The van der Waals surface area contributed by atoms with E-state index in [4.69, 9.17) is 14.3 Å². The van der Waals surface area contributed by atoms with E-state index in [0.717, 1.165) is 0 Å². The Kier molecular flexibility index (Phi) is 8.91. The Morgan fingerprint density at radius 3 is 2.33 bits per heavy atom. The first kappa shape index (κ1) is 17.3. The van der Waals surface area contributed by atoms with Crippen LogP contribution in [0.4, 0.5) is 0 Å². The summed E-state index contributed by atoms with van der Waals surface area (Å²) in [5, 5.41) is 8.42. The summed E-state index contributed by atoms with van der Waals surface area (Å²) in [5.41, 5.74) is 0. The minimum atomic E-state index is -3.28. The molecular weight excluding hydrogens is 253 g/mol. The Balaban J connectivity index is 4.32. The highest BCUT2D eigenvalue weighted by atomic mass is 31.2. The zero-order chi connectivity index (χ0) is 14.0. The molecule has 0 aromatic heterocycles. The summed E-state index contributed by atoms with van der Waals surface area (Å²) in [4.78, 5) is 11.9. The van der Waals surface area contributed by atoms with E-state index in [-0.39, 0.29) is 31.1 Å². The van der Waals surface area contributed by atoms with Crippen LogP contribution in [0, 0.1) is 17.2 Å². The van der Waals surface area contributed by atoms with E-state index in [1.54, 1.807) is 20.8 Å². The van der Waals surface area contributed by atoms with Crippen LogP contribution in [0.25, 0.3) is 0 Å². The second-order valence-electron chi connectivity index (χ2n) is 4.02. The molecule has 0 N–H and O–H groups in total. The van der Waals surface area contributed by atoms with Crippen LogP contribution in [0.3, 0.4) is 0 Å². The maximum absolute atomic E-state index is 12.1. The lowest BCUT2D eigenvalue weighted by Gasteiger charge is -2.18. The highest BCUT2D eigenvalue weighted by molar-refractivity contribution is 7.54. The molecule has 0 aliphatic heterocycles. The van der Waals surface area contributed by atoms with Gasteiger partial charge in [-0.2, -0.15) is 5.26 Å². The number of unbranched alkanes of at least 4 members (excludes halogenated alkanes) is 1. The Hall–Kier alpha value is -0.690. The van der Waals surface area contributed by atoms with Crippen molar-refractivity contribution in [2.75, 3.05) is 19.4 Å². The number of nitrogens with zero attached hydrogens (tertiary/aromatic N) is 1. The number of ketones is 1. The Labute approximate surface area is 109 Å². The second-order valence-corrected chi connectivity index (χ2v) is 6.08. The molecule has 0 aromatic carbocycles. The summed E-state index contributed by atoms with van der Waals surface area (Å²) in [5.74, 6) is -0.342. The van der Waals surface area contributed by atoms with Gasteiger partial charge in [0.05, 0.1) is 19.3 Å². The van der Waals surface area contributed by atoms with Gasteiger partial charge in [0.1, 0.15) is 11.9 Å². The molecule has 0 fully saturated rings. The number of nitriles is 1. The molecule has 0 radical (unpaired) electrons. The van der Waals surface area contributed by atoms with Crippen molar-refractivity contribution in [3.63, 3.8) is 0 Å². The molecule has 1 unspecified atom stereocenters. The molecule has 0 saturated carbocycles. The highest BCUT2D eigenvalue weighted by Crippen LogP contribution is 2.48. The standard InChI is InChI=1S/C12H22NO4P/c1-4-16-18(15,17-5-2)10-12(14)11(3)8-6-7-9-13/h11H,4-8,10H2,1-3H3. The molecule has 0 spiro atoms. The normalized spacial score (nSPS) is 13.0. The molecule has 0 rings (SSSR count). The van der Waals surface area contributed by atoms with Crippen molar-refractivity contribution in [3.05, 3.63) is 0 Å². The lowest BCUT2D eigenvalue weighted by atomic mass is 10.0. The van der Waals surface area contributed by atoms with Crippen molar-refractivity contribution in [2.24, 2.45) is 5.92 Å². The van der Waals surface area contributed by atoms with E-state index >= 15 is 0 Å². The molecule has 18 heavy (non-hydrogen) atoms. The third kappa shape index (κ3) is 6.90. The quantitative estimate of drug-likeness (QED) is 0.452. The fourth-order valence-electron chi connectivity index (χ4n) is 1.52. The predicted molar refractivity (Wildman–Crippen MR) is 69.4 cm³/mol. The van der Waals surface area contributed by atoms with Crippen LogP contribution in [-0.4, -0.2) is 25.2 Å². The largest absolute Gasteiger partial charge is 0.338 e. The first-order chi connectivity index (χ1) is 8.49. The van der Waals surface area contributed by atoms with Crippen LogP contribution in [0.1, 0.15) is 40.0 Å². The summed E-state index contributed by atoms with van der Waals surface area (Å²) in [6, 6.07) is 2.04. The van der Waals surface area contributed by atoms with Crippen molar-refractivity contribution in [3.8, 4) is 6.07 Å². The molecule has 0 aromatic rings. The fraction of sp³-hybridized carbons (Fsp3) is 0.833. The highest BCUT2D eigenvalue weighted by Gasteiger charge is 2.29. The predicted octanol–water partition coefficient (Wildman–Crippen LogP) is 3.15. The summed E-state index contributed by atoms with van der Waals surface area (Å²) >= 11 is 0. The number of carbonyl (C=O) groups excluding carboxylic acids is 1. The van der Waals surface area contributed by atoms with Gasteiger partial charge in [0, 0.05) is 12.3 Å². The maximum atomic E-state index is 12.1. The number of Topliss-reactive ketones (excluding diaryl/α,β-unsaturated/α-hetero) is 1. The van der Waals surface area contributed by atoms with Crippen molar-refractivity contribution in [1.29, 1.82) is 5.26 Å². The van der Waals surface area contributed by atoms with Crippen LogP contribution in [-0.2, 0) is 18.4 Å². The minimum absolute atomic E-state index is 0.127. The van der Waals surface area contributed by atoms with Gasteiger partial charge in [-0.05, 0) is 26.7 Å². The van der Waals surface area contributed by atoms with Gasteiger partial charge < -0.3 is 9.05 Å². The van der Waals surface area contributed by atoms with E-state index in [1.807, 2.05) is 6.07 Å². The topological polar surface area (TPSA) is 76.4 Å². The second kappa shape index (κ2) is 9.27. The summed E-state index contributed by atoms with van der Waals surface area (Å²) in [6.07, 6.45) is 1.57. The zero-order valence-electron chi connectivity index (χ0n) is 11.3. The van der Waals surface area contributed by atoms with E-state index in [0.29, 0.717) is 19.3 Å². The Morgan fingerprint density at radius 1 is 1.33 bits per heavy atom. The van der Waals surface area contributed by atoms with Gasteiger partial charge in [-0.15, -0.1) is 0 Å². The number of rotatable bonds is 10. The molecule has 0 amide bonds. The molecule has 0 heterocycles. The van der Waals surface area contributed by atoms with Gasteiger partial charge in [0.2, 0.25) is 0 Å². The summed E-state index contributed by atoms with van der Waals surface area (Å²) < 4.78 is 22.3. The van der Waals surface area contributed by atoms with E-state index in [2.05, 4.69) is 0 Å². The number of hydrogen-bond donors (Lipinski definition) is 0. The summed E-state index contributed by atoms with van der Waals surface area (Å²) in [7, 11) is -3.28. The Morgan fingerprint density at radius 2 is 1.89 bits per heavy atom. The van der Waals surface area contributed by atoms with Gasteiger partial charge in [-0.3, -0.25) is 9.36 Å². The van der Waals surface area contributed by atoms with Crippen LogP contribution in [0.2, 0.25) is 0 Å². The lowest BCUT2D eigenvalue weighted by molar-refractivity contribution is -0.120. The summed E-state index contributed by atoms with van der Waals surface area (Å²) in [6.45, 7) is 5.72. The molecule has 0 saturated heterocycles. The third-order valence-electron chi connectivity index (χ3n) is 2.48. The SMILES string of the molecule is CCOP(=O)(CC(=O)C(C)CCCC#N)OCC. The smallest absolute Gasteiger partial charge is 0.309 e. The van der Waals surface area contributed by atoms with Crippen LogP contribution in [0.5, 0.6) is 0 Å². The van der Waals surface area contributed by atoms with Crippen LogP contribution in [0.15, 0.2) is 0 Å². The minimum Gasteiger partial charge on any atom is -0.309 e. The van der Waals surface area contributed by atoms with Crippen molar-refractivity contribution in [1.82, 2.24) is 0 Å². The molecule has 0 bridgehead atoms. The van der Waals surface area contributed by atoms with Gasteiger partial charge >= 0.3 is 7.60 Å². The fourth-order valence-corrected chi connectivity index (χ4v) is 3.25. The van der Waals surface area contributed by atoms with Gasteiger partial charge in [-0.1, -0.05) is 6.92 Å². The first-order valence-corrected chi connectivity index (χ1v) is 7.99. The van der Waals surface area contributed by atoms with Crippen molar-refractivity contribution in [2.45, 2.75) is 40.0 Å². The average molecular weight is 275 g/mol. The Bertz CT molecular complexity index is 327. The van der Waals surface area contributed by atoms with E-state index in [9.17, 15) is 9.36 Å². The molecule has 1 atom stereocenters. The molecule has 104 valence electrons. The molecule has 0 aliphatic carbocycles. The van der Waals surface area contributed by atoms with Gasteiger partial charge in [0.25, 0.3) is 0 Å². The third-order valence-corrected chi connectivity index (χ3v) is 4.48. The van der Waals surface area contributed by atoms with Crippen molar-refractivity contribution >= 4 is 13.4 Å². The molecule has 6 heteroatoms. The number of carbonyl (C=O) groups is 1. The molecular formula is C12H22NO4P. The van der Waals surface area contributed by atoms with Crippen LogP contribution >= 0.6 is 7.60 Å².